The van der Waals surface area contributed by atoms with Gasteiger partial charge in [-0.2, -0.15) is 0 Å². The van der Waals surface area contributed by atoms with E-state index in [0.717, 1.165) is 27.6 Å². The summed E-state index contributed by atoms with van der Waals surface area (Å²) < 4.78 is 79.0. The van der Waals surface area contributed by atoms with E-state index in [1.165, 1.54) is 0 Å². The van der Waals surface area contributed by atoms with Crippen LogP contribution in [0.2, 0.25) is 0 Å². The molecule has 556 valence electrons. The average molecular weight is 1440 g/mol. The van der Waals surface area contributed by atoms with Gasteiger partial charge in [-0.25, -0.2) is 14.6 Å². The van der Waals surface area contributed by atoms with Crippen LogP contribution >= 0.6 is 0 Å². The summed E-state index contributed by atoms with van der Waals surface area (Å²) in [5, 5.41) is 23.3. The lowest BCUT2D eigenvalue weighted by Gasteiger charge is -2.37. The van der Waals surface area contributed by atoms with Crippen LogP contribution in [0, 0.1) is 0 Å². The molecule has 3 aliphatic heterocycles. The van der Waals surface area contributed by atoms with Gasteiger partial charge in [-0.15, -0.1) is 0 Å². The molecule has 2 atom stereocenters. The second-order valence-corrected chi connectivity index (χ2v) is 24.4. The van der Waals surface area contributed by atoms with Crippen molar-refractivity contribution in [3.63, 3.8) is 0 Å². The Kier molecular flexibility index (Phi) is 29.7. The Hall–Kier alpha value is -9.43. The predicted octanol–water partition coefficient (Wildman–Crippen LogP) is 6.27. The number of carbonyl (C=O) groups excluding carboxylic acids is 5. The first kappa shape index (κ1) is 77.2. The molecule has 7 aromatic rings. The van der Waals surface area contributed by atoms with Gasteiger partial charge in [-0.05, 0) is 96.9 Å². The van der Waals surface area contributed by atoms with Crippen LogP contribution in [0.3, 0.4) is 0 Å². The van der Waals surface area contributed by atoms with Crippen molar-refractivity contribution >= 4 is 46.4 Å². The van der Waals surface area contributed by atoms with Gasteiger partial charge in [0.05, 0.1) is 140 Å². The fourth-order valence-corrected chi connectivity index (χ4v) is 12.2. The van der Waals surface area contributed by atoms with Gasteiger partial charge in [-0.1, -0.05) is 91.9 Å². The molecule has 10 rings (SSSR count). The molecular formula is C76H91N7O21. The molecule has 0 spiro atoms. The van der Waals surface area contributed by atoms with Gasteiger partial charge in [0.25, 0.3) is 5.56 Å². The number of hydrogen-bond donors (Lipinski definition) is 6. The van der Waals surface area contributed by atoms with Crippen LogP contribution < -0.4 is 42.0 Å². The van der Waals surface area contributed by atoms with Crippen molar-refractivity contribution in [2.45, 2.75) is 69.5 Å². The standard InChI is InChI=1S/C76H91N7O21/c1-2-75(62-45-65-70-55(47-83(65)72(88)61(62)49-100-73(75)89)43-54-44-66-67(103-52-102-66)46-64(54)82-70)104-74(90)101-48-53-16-20-59(21-17-53)80-71(87)63(15-9-10-25-79-76(56-11-5-3-6-12-56,57-13-7-4-8-14-57)58-18-22-60(84)23-19-58)81-69(86)51-99-50-68(85)78-26-28-92-30-32-94-34-36-96-38-40-98-42-41-97-39-37-95-35-33-93-31-29-91-27-24-77/h3-8,11-14,16-23,43-46,63,79,84H,2,9-10,15,24-42,47-52,77H2,1H3,(H,78,85)(H,80,87)(H,81,86)/t63-,75-/m0/s1. The van der Waals surface area contributed by atoms with Crippen LogP contribution in [0.5, 0.6) is 17.2 Å². The number of benzene rings is 5. The number of fused-ring (bicyclic) bond motifs is 6. The number of cyclic esters (lactones) is 1. The molecular weight excluding hydrogens is 1350 g/mol. The molecule has 7 N–H and O–H groups in total. The number of esters is 1. The van der Waals surface area contributed by atoms with E-state index in [1.807, 2.05) is 84.9 Å². The maximum atomic E-state index is 14.2. The van der Waals surface area contributed by atoms with Gasteiger partial charge < -0.3 is 97.7 Å². The molecule has 0 aliphatic carbocycles. The highest BCUT2D eigenvalue weighted by Gasteiger charge is 2.51. The molecule has 5 aromatic carbocycles. The van der Waals surface area contributed by atoms with Gasteiger partial charge in [-0.3, -0.25) is 24.5 Å². The Balaban J connectivity index is 0.669. The van der Waals surface area contributed by atoms with Crippen molar-refractivity contribution in [2.24, 2.45) is 5.73 Å². The SMILES string of the molecule is CC[C@@]1(OC(=O)OCc2ccc(NC(=O)[C@H](CCCCNC(c3ccccc3)(c3ccccc3)c3ccc(O)cc3)NC(=O)COCC(=O)NCCOCCOCCOCCOCCOCCOCCOCCOCCN)cc2)C(=O)OCc2c1cc1n(c2=O)Cc2cc3cc4c(cc3nc2-1)OCO4. The van der Waals surface area contributed by atoms with Gasteiger partial charge in [0.1, 0.15) is 38.2 Å². The van der Waals surface area contributed by atoms with Crippen LogP contribution in [-0.2, 0) is 107 Å². The van der Waals surface area contributed by atoms with Gasteiger partial charge in [0.2, 0.25) is 30.1 Å². The lowest BCUT2D eigenvalue weighted by Crippen LogP contribution is -2.47. The number of phenolic OH excluding ortho intramolecular Hbond substituents is 1. The first-order chi connectivity index (χ1) is 50.9. The van der Waals surface area contributed by atoms with Crippen LogP contribution in [0.25, 0.3) is 22.3 Å². The summed E-state index contributed by atoms with van der Waals surface area (Å²) in [6.07, 6.45) is -0.0512. The third-order valence-corrected chi connectivity index (χ3v) is 17.4. The van der Waals surface area contributed by atoms with E-state index in [4.69, 9.17) is 77.0 Å². The van der Waals surface area contributed by atoms with E-state index in [-0.39, 0.29) is 69.4 Å². The number of rotatable bonds is 46. The third-order valence-electron chi connectivity index (χ3n) is 17.4. The molecule has 0 fully saturated rings. The molecule has 0 saturated heterocycles. The zero-order valence-corrected chi connectivity index (χ0v) is 58.4. The molecule has 0 saturated carbocycles. The van der Waals surface area contributed by atoms with Crippen LogP contribution in [0.4, 0.5) is 10.5 Å². The van der Waals surface area contributed by atoms with Gasteiger partial charge >= 0.3 is 12.1 Å². The Morgan fingerprint density at radius 3 is 1.80 bits per heavy atom. The van der Waals surface area contributed by atoms with Gasteiger partial charge in [0, 0.05) is 41.4 Å². The summed E-state index contributed by atoms with van der Waals surface area (Å²) >= 11 is 0. The first-order valence-corrected chi connectivity index (χ1v) is 34.9. The molecule has 0 bridgehead atoms. The highest BCUT2D eigenvalue weighted by molar-refractivity contribution is 5.97. The van der Waals surface area contributed by atoms with Crippen molar-refractivity contribution < 1.29 is 95.4 Å². The number of ether oxygens (including phenoxy) is 14. The first-order valence-electron chi connectivity index (χ1n) is 34.9. The Bertz CT molecular complexity index is 3940. The Labute approximate surface area is 602 Å². The normalized spacial score (nSPS) is 14.5. The number of aromatic hydroxyl groups is 1. The maximum absolute atomic E-state index is 14.2. The number of aromatic nitrogens is 2. The highest BCUT2D eigenvalue weighted by atomic mass is 16.7. The van der Waals surface area contributed by atoms with E-state index >= 15 is 0 Å². The molecule has 2 aromatic heterocycles. The predicted molar refractivity (Wildman–Crippen MR) is 379 cm³/mol. The number of unbranched alkanes of at least 4 members (excludes halogenated alkanes) is 1. The Morgan fingerprint density at radius 2 is 1.20 bits per heavy atom. The zero-order chi connectivity index (χ0) is 72.8. The molecule has 28 heteroatoms. The number of hydrogen-bond acceptors (Lipinski definition) is 24. The van der Waals surface area contributed by atoms with Crippen LogP contribution in [0.1, 0.15) is 71.6 Å². The fourth-order valence-electron chi connectivity index (χ4n) is 12.2. The number of phenols is 1. The second kappa shape index (κ2) is 40.0. The smallest absolute Gasteiger partial charge is 0.508 e. The number of carbonyl (C=O) groups is 5. The minimum atomic E-state index is -2.02. The number of anilines is 1. The van der Waals surface area contributed by atoms with E-state index in [0.29, 0.717) is 165 Å². The molecule has 3 amide bonds. The van der Waals surface area contributed by atoms with E-state index in [1.54, 1.807) is 60.0 Å². The van der Waals surface area contributed by atoms with Crippen molar-refractivity contribution in [2.75, 3.05) is 151 Å². The van der Waals surface area contributed by atoms with Crippen molar-refractivity contribution in [1.82, 2.24) is 25.5 Å². The number of nitrogens with one attached hydrogen (secondary N) is 4. The zero-order valence-electron chi connectivity index (χ0n) is 58.4. The monoisotopic (exact) mass is 1440 g/mol. The average Bonchev–Trinajstić information content (AvgIpc) is 1.48. The summed E-state index contributed by atoms with van der Waals surface area (Å²) in [6, 6.07) is 39.6. The molecule has 28 nitrogen and oxygen atoms in total. The van der Waals surface area contributed by atoms with E-state index < -0.39 is 65.8 Å². The number of nitrogens with zero attached hydrogens (tertiary/aromatic N) is 2. The molecule has 5 heterocycles. The van der Waals surface area contributed by atoms with Crippen molar-refractivity contribution in [3.8, 4) is 28.6 Å². The second-order valence-electron chi connectivity index (χ2n) is 24.4. The van der Waals surface area contributed by atoms with Gasteiger partial charge in [0.15, 0.2) is 11.5 Å². The highest BCUT2D eigenvalue weighted by Crippen LogP contribution is 2.43. The third kappa shape index (κ3) is 21.2. The van der Waals surface area contributed by atoms with Crippen LogP contribution in [-0.4, -0.2) is 196 Å². The molecule has 3 aliphatic rings. The van der Waals surface area contributed by atoms with Crippen molar-refractivity contribution in [1.29, 1.82) is 0 Å². The lowest BCUT2D eigenvalue weighted by atomic mass is 9.77. The van der Waals surface area contributed by atoms with Crippen LogP contribution in [0.15, 0.2) is 138 Å². The quantitative estimate of drug-likeness (QED) is 0.0139. The topological polar surface area (TPSA) is 344 Å². The largest absolute Gasteiger partial charge is 0.510 e. The van der Waals surface area contributed by atoms with Crippen molar-refractivity contribution in [3.05, 3.63) is 183 Å². The summed E-state index contributed by atoms with van der Waals surface area (Å²) in [7, 11) is 0. The lowest BCUT2D eigenvalue weighted by molar-refractivity contribution is -0.175. The van der Waals surface area contributed by atoms with E-state index in [2.05, 4.69) is 21.3 Å². The summed E-state index contributed by atoms with van der Waals surface area (Å²) in [6.45, 7) is 8.22. The summed E-state index contributed by atoms with van der Waals surface area (Å²) in [5.41, 5.74) is 8.49. The number of pyridine rings is 2. The summed E-state index contributed by atoms with van der Waals surface area (Å²) in [5.74, 6) is -1.23. The summed E-state index contributed by atoms with van der Waals surface area (Å²) in [4.78, 5) is 87.0. The number of amides is 3. The fraction of sp³-hybridized carbons (Fsp3) is 0.434. The minimum Gasteiger partial charge on any atom is -0.508 e. The Morgan fingerprint density at radius 1 is 0.635 bits per heavy atom. The minimum absolute atomic E-state index is 0.0874. The molecule has 0 unspecified atom stereocenters. The van der Waals surface area contributed by atoms with E-state index in [9.17, 15) is 33.9 Å². The number of nitrogens with two attached hydrogens (primary N) is 1. The molecule has 104 heavy (non-hydrogen) atoms. The maximum Gasteiger partial charge on any atom is 0.510 e. The molecule has 0 radical (unpaired) electrons.